The molecule has 4 N–H and O–H groups in total. The van der Waals surface area contributed by atoms with Crippen LogP contribution in [0.15, 0.2) is 48.8 Å². The fraction of sp³-hybridized carbons (Fsp3) is 0.269. The van der Waals surface area contributed by atoms with Crippen molar-refractivity contribution >= 4 is 40.6 Å². The van der Waals surface area contributed by atoms with E-state index in [-0.39, 0.29) is 35.5 Å². The molecule has 2 atom stereocenters. The zero-order valence-electron chi connectivity index (χ0n) is 21.4. The van der Waals surface area contributed by atoms with Gasteiger partial charge in [0.25, 0.3) is 11.8 Å². The summed E-state index contributed by atoms with van der Waals surface area (Å²) < 4.78 is 46.5. The molecule has 0 aliphatic carbocycles. The Labute approximate surface area is 235 Å². The number of benzene rings is 1. The molecule has 2 amide bonds. The van der Waals surface area contributed by atoms with Gasteiger partial charge < -0.3 is 25.8 Å². The minimum atomic E-state index is -4.58. The van der Waals surface area contributed by atoms with Gasteiger partial charge in [0.15, 0.2) is 0 Å². The molecule has 15 heteroatoms. The molecule has 1 saturated heterocycles. The van der Waals surface area contributed by atoms with Crippen molar-refractivity contribution in [3.8, 4) is 11.3 Å². The van der Waals surface area contributed by atoms with E-state index in [4.69, 9.17) is 27.1 Å². The summed E-state index contributed by atoms with van der Waals surface area (Å²) in [6.07, 6.45) is -4.14. The largest absolute Gasteiger partial charge is 0.416 e. The molecule has 1 aromatic carbocycles. The second-order valence-corrected chi connectivity index (χ2v) is 9.63. The van der Waals surface area contributed by atoms with E-state index in [1.165, 1.54) is 30.2 Å². The zero-order chi connectivity index (χ0) is 29.5. The number of rotatable bonds is 5. The Hall–Kier alpha value is -4.27. The average Bonchev–Trinajstić information content (AvgIpc) is 3.36. The lowest BCUT2D eigenvalue weighted by molar-refractivity contribution is -0.147. The molecule has 0 spiro atoms. The Morgan fingerprint density at radius 3 is 2.63 bits per heavy atom. The Morgan fingerprint density at radius 2 is 1.95 bits per heavy atom. The number of fused-ring (bicyclic) bond motifs is 1. The van der Waals surface area contributed by atoms with Crippen LogP contribution in [0.25, 0.3) is 16.8 Å². The number of hydrogen-bond donors (Lipinski definition) is 3. The minimum Gasteiger partial charge on any atom is -0.384 e. The molecule has 4 aromatic rings. The van der Waals surface area contributed by atoms with E-state index >= 15 is 0 Å². The highest BCUT2D eigenvalue weighted by Crippen LogP contribution is 2.35. The smallest absolute Gasteiger partial charge is 0.384 e. The lowest BCUT2D eigenvalue weighted by Gasteiger charge is -2.33. The summed E-state index contributed by atoms with van der Waals surface area (Å²) in [6.45, 7) is 2.01. The molecule has 1 aliphatic heterocycles. The van der Waals surface area contributed by atoms with E-state index in [1.54, 1.807) is 16.5 Å². The number of nitrogens with one attached hydrogen (secondary N) is 1. The first-order valence-electron chi connectivity index (χ1n) is 12.3. The molecule has 1 aliphatic rings. The van der Waals surface area contributed by atoms with Crippen LogP contribution in [0.2, 0.25) is 5.15 Å². The molecule has 0 bridgehead atoms. The van der Waals surface area contributed by atoms with Gasteiger partial charge in [0.2, 0.25) is 0 Å². The highest BCUT2D eigenvalue weighted by Gasteiger charge is 2.33. The van der Waals surface area contributed by atoms with Gasteiger partial charge in [0, 0.05) is 23.9 Å². The third-order valence-electron chi connectivity index (χ3n) is 6.44. The number of aliphatic hydroxyl groups is 1. The lowest BCUT2D eigenvalue weighted by atomic mass is 10.1. The topological polar surface area (TPSA) is 148 Å². The molecular weight excluding hydrogens is 567 g/mol. The number of pyridine rings is 1. The summed E-state index contributed by atoms with van der Waals surface area (Å²) in [5, 5.41) is 12.3. The normalized spacial score (nSPS) is 16.5. The first kappa shape index (κ1) is 28.3. The second kappa shape index (κ2) is 11.0. The average molecular weight is 590 g/mol. The number of aliphatic hydroxyl groups excluding tert-OH is 1. The van der Waals surface area contributed by atoms with Crippen molar-refractivity contribution in [3.05, 3.63) is 70.9 Å². The lowest BCUT2D eigenvalue weighted by Crippen LogP contribution is -2.46. The zero-order valence-corrected chi connectivity index (χ0v) is 22.1. The Balaban J connectivity index is 1.46. The van der Waals surface area contributed by atoms with Crippen LogP contribution < -0.4 is 11.1 Å². The van der Waals surface area contributed by atoms with E-state index in [9.17, 15) is 27.9 Å². The number of alkyl halides is 3. The predicted molar refractivity (Wildman–Crippen MR) is 142 cm³/mol. The summed E-state index contributed by atoms with van der Waals surface area (Å²) in [5.74, 6) is -0.881. The number of imidazole rings is 1. The van der Waals surface area contributed by atoms with Gasteiger partial charge in [-0.25, -0.2) is 15.0 Å². The first-order chi connectivity index (χ1) is 19.4. The molecule has 5 rings (SSSR count). The van der Waals surface area contributed by atoms with E-state index in [2.05, 4.69) is 15.3 Å². The van der Waals surface area contributed by atoms with Crippen LogP contribution in [0.5, 0.6) is 0 Å². The molecule has 214 valence electrons. The summed E-state index contributed by atoms with van der Waals surface area (Å²) in [7, 11) is 0. The van der Waals surface area contributed by atoms with Gasteiger partial charge in [-0.1, -0.05) is 23.7 Å². The van der Waals surface area contributed by atoms with E-state index in [0.29, 0.717) is 29.1 Å². The van der Waals surface area contributed by atoms with Crippen molar-refractivity contribution < 1.29 is 32.6 Å². The highest BCUT2D eigenvalue weighted by atomic mass is 35.5. The highest BCUT2D eigenvalue weighted by molar-refractivity contribution is 6.30. The fourth-order valence-electron chi connectivity index (χ4n) is 4.46. The maximum atomic E-state index is 13.0. The van der Waals surface area contributed by atoms with Gasteiger partial charge in [-0.3, -0.25) is 14.0 Å². The van der Waals surface area contributed by atoms with Crippen LogP contribution in [-0.2, 0) is 15.7 Å². The van der Waals surface area contributed by atoms with Crippen molar-refractivity contribution in [3.63, 3.8) is 0 Å². The van der Waals surface area contributed by atoms with Gasteiger partial charge >= 0.3 is 6.18 Å². The predicted octanol–water partition coefficient (Wildman–Crippen LogP) is 3.58. The van der Waals surface area contributed by atoms with E-state index in [0.717, 1.165) is 18.3 Å². The molecule has 4 heterocycles. The van der Waals surface area contributed by atoms with E-state index < -0.39 is 35.8 Å². The first-order valence-corrected chi connectivity index (χ1v) is 12.7. The molecule has 3 aromatic heterocycles. The third-order valence-corrected chi connectivity index (χ3v) is 6.71. The number of aromatic nitrogens is 4. The summed E-state index contributed by atoms with van der Waals surface area (Å²) in [5.41, 5.74) is 6.71. The maximum Gasteiger partial charge on any atom is 0.416 e. The quantitative estimate of drug-likeness (QED) is 0.320. The Kier molecular flexibility index (Phi) is 7.55. The summed E-state index contributed by atoms with van der Waals surface area (Å²) >= 11 is 6.49. The van der Waals surface area contributed by atoms with Crippen molar-refractivity contribution in [2.24, 2.45) is 0 Å². The Bertz CT molecular complexity index is 1630. The number of hydrogen-bond acceptors (Lipinski definition) is 8. The molecule has 0 saturated carbocycles. The van der Waals surface area contributed by atoms with Crippen molar-refractivity contribution in [2.45, 2.75) is 25.3 Å². The van der Waals surface area contributed by atoms with Crippen LogP contribution in [0, 0.1) is 0 Å². The molecular formula is C26H23ClF3N7O4. The number of nitrogens with two attached hydrogens (primary N) is 1. The maximum absolute atomic E-state index is 13.0. The summed E-state index contributed by atoms with van der Waals surface area (Å²) in [6, 6.07) is 7.67. The van der Waals surface area contributed by atoms with Crippen LogP contribution in [-0.4, -0.2) is 67.0 Å². The number of morpholine rings is 1. The number of carbonyl (C=O) groups is 2. The van der Waals surface area contributed by atoms with Crippen molar-refractivity contribution in [1.29, 1.82) is 0 Å². The molecule has 11 nitrogen and oxygen atoms in total. The van der Waals surface area contributed by atoms with Gasteiger partial charge in [-0.05, 0) is 31.2 Å². The van der Waals surface area contributed by atoms with Crippen LogP contribution >= 0.6 is 11.6 Å². The van der Waals surface area contributed by atoms with Gasteiger partial charge in [-0.2, -0.15) is 13.2 Å². The molecule has 1 fully saturated rings. The van der Waals surface area contributed by atoms with Crippen molar-refractivity contribution in [1.82, 2.24) is 24.3 Å². The minimum absolute atomic E-state index is 0.115. The number of nitrogens with zero attached hydrogens (tertiary/aromatic N) is 5. The van der Waals surface area contributed by atoms with E-state index in [1.807, 2.05) is 0 Å². The van der Waals surface area contributed by atoms with Gasteiger partial charge in [0.1, 0.15) is 46.0 Å². The molecule has 0 unspecified atom stereocenters. The number of anilines is 2. The summed E-state index contributed by atoms with van der Waals surface area (Å²) in [4.78, 5) is 39.2. The Morgan fingerprint density at radius 1 is 1.22 bits per heavy atom. The molecule has 41 heavy (non-hydrogen) atoms. The van der Waals surface area contributed by atoms with Crippen LogP contribution in [0.1, 0.15) is 34.8 Å². The number of ether oxygens (including phenoxy) is 1. The van der Waals surface area contributed by atoms with Gasteiger partial charge in [-0.15, -0.1) is 0 Å². The fourth-order valence-corrected chi connectivity index (χ4v) is 4.68. The number of amides is 2. The third kappa shape index (κ3) is 5.66. The van der Waals surface area contributed by atoms with Crippen LogP contribution in [0.3, 0.4) is 0 Å². The SMILES string of the molecule is C[C@@H](O)C(=O)N1CCO[C@@H](c2nc(-c3ccc(C(=O)Nc4cc(C(F)(F)F)ccn4)cc3)c3c(N)ncc(Cl)n23)C1. The standard InChI is InChI=1S/C26H23ClF3N7O4/c1-13(38)25(40)36-8-9-41-17(12-36)23-35-20(21-22(31)33-11-18(27)37(21)23)14-2-4-15(5-3-14)24(39)34-19-10-16(6-7-32-19)26(28,29)30/h2-7,10-11,13,17,38H,8-9,12H2,1H3,(H2,31,33)(H,32,34,39)/t13-,17-/m1/s1. The molecule has 0 radical (unpaired) electrons. The van der Waals surface area contributed by atoms with Crippen molar-refractivity contribution in [2.75, 3.05) is 30.7 Å². The van der Waals surface area contributed by atoms with Crippen LogP contribution in [0.4, 0.5) is 24.8 Å². The van der Waals surface area contributed by atoms with Gasteiger partial charge in [0.05, 0.1) is 24.9 Å². The second-order valence-electron chi connectivity index (χ2n) is 9.25. The monoisotopic (exact) mass is 589 g/mol. The number of nitrogen functional groups attached to an aromatic ring is 1. The number of carbonyl (C=O) groups excluding carboxylic acids is 2. The number of halogens is 4.